The summed E-state index contributed by atoms with van der Waals surface area (Å²) in [4.78, 5) is 4.48. The number of aliphatic imine (C=N–C) groups is 1. The largest absolute Gasteiger partial charge is 0.453 e. The van der Waals surface area contributed by atoms with Crippen molar-refractivity contribution in [2.24, 2.45) is 4.99 Å². The summed E-state index contributed by atoms with van der Waals surface area (Å²) in [5.41, 5.74) is 1.04. The molecule has 0 radical (unpaired) electrons. The van der Waals surface area contributed by atoms with Gasteiger partial charge < -0.3 is 4.74 Å². The third-order valence-electron chi connectivity index (χ3n) is 4.98. The molecule has 5 nitrogen and oxygen atoms in total. The molecule has 3 unspecified atom stereocenters. The van der Waals surface area contributed by atoms with Crippen molar-refractivity contribution < 1.29 is 13.2 Å². The second-order valence-electron chi connectivity index (χ2n) is 7.29. The summed E-state index contributed by atoms with van der Waals surface area (Å²) in [6, 6.07) is -0.553. The molecule has 1 heterocycles. The van der Waals surface area contributed by atoms with E-state index in [0.717, 1.165) is 12.0 Å². The van der Waals surface area contributed by atoms with Crippen LogP contribution in [0.15, 0.2) is 84.6 Å². The van der Waals surface area contributed by atoms with Crippen molar-refractivity contribution in [2.45, 2.75) is 36.7 Å². The van der Waals surface area contributed by atoms with E-state index in [1.807, 2.05) is 18.2 Å². The number of dihydropyridines is 1. The molecule has 164 valence electrons. The van der Waals surface area contributed by atoms with E-state index in [9.17, 15) is 8.42 Å². The molecular weight excluding hydrogens is 502 g/mol. The van der Waals surface area contributed by atoms with Crippen LogP contribution in [0.3, 0.4) is 0 Å². The number of ether oxygens (including phenoxy) is 1. The lowest BCUT2D eigenvalue weighted by Crippen LogP contribution is -2.36. The van der Waals surface area contributed by atoms with Gasteiger partial charge in [-0.05, 0) is 36.6 Å². The zero-order chi connectivity index (χ0) is 22.2. The van der Waals surface area contributed by atoms with Crippen molar-refractivity contribution in [3.63, 3.8) is 0 Å². The van der Waals surface area contributed by atoms with Gasteiger partial charge in [0, 0.05) is 12.5 Å². The van der Waals surface area contributed by atoms with Gasteiger partial charge in [-0.1, -0.05) is 59.1 Å². The third-order valence-corrected chi connectivity index (χ3v) is 7.92. The molecule has 0 aromatic carbocycles. The lowest BCUT2D eigenvalue weighted by Gasteiger charge is -2.25. The highest BCUT2D eigenvalue weighted by molar-refractivity contribution is 7.93. The molecule has 0 fully saturated rings. The van der Waals surface area contributed by atoms with Crippen LogP contribution in [0.4, 0.5) is 0 Å². The van der Waals surface area contributed by atoms with Gasteiger partial charge in [0.05, 0.1) is 37.6 Å². The molecule has 0 bridgehead atoms. The summed E-state index contributed by atoms with van der Waals surface area (Å²) in [5.74, 6) is 0.790. The second-order valence-corrected chi connectivity index (χ2v) is 10.8. The molecule has 3 aliphatic carbocycles. The number of sulfonamides is 1. The van der Waals surface area contributed by atoms with E-state index in [-0.39, 0.29) is 38.6 Å². The SMILES string of the molecule is O=S(=O)(NC1C=C(Cl)C(OC2=CC3=CC=CCC3N=C2)=C(Cl)C1)C1=CCC(Cl)C=C1Cl. The summed E-state index contributed by atoms with van der Waals surface area (Å²) in [6.45, 7) is 0. The standard InChI is InChI=1S/C21H18Cl4N2O3S/c22-13-5-6-20(16(23)8-13)31(28,29)27-14-9-17(24)21(18(25)10-14)30-15-7-12-3-1-2-4-19(12)26-11-15/h1-3,6-9,11,13-14,19,27H,4-5,10H2. The van der Waals surface area contributed by atoms with E-state index in [1.54, 1.807) is 12.3 Å². The Labute approximate surface area is 201 Å². The van der Waals surface area contributed by atoms with Crippen molar-refractivity contribution in [1.29, 1.82) is 0 Å². The van der Waals surface area contributed by atoms with Crippen molar-refractivity contribution in [3.8, 4) is 0 Å². The Morgan fingerprint density at radius 2 is 1.94 bits per heavy atom. The minimum Gasteiger partial charge on any atom is -0.453 e. The number of halogens is 4. The lowest BCUT2D eigenvalue weighted by molar-refractivity contribution is 0.335. The van der Waals surface area contributed by atoms with Crippen molar-refractivity contribution in [1.82, 2.24) is 4.72 Å². The van der Waals surface area contributed by atoms with Gasteiger partial charge in [-0.2, -0.15) is 0 Å². The topological polar surface area (TPSA) is 67.8 Å². The van der Waals surface area contributed by atoms with Crippen molar-refractivity contribution in [3.05, 3.63) is 79.6 Å². The van der Waals surface area contributed by atoms with Gasteiger partial charge in [-0.25, -0.2) is 13.1 Å². The number of allylic oxidation sites excluding steroid dienone is 7. The number of rotatable bonds is 5. The smallest absolute Gasteiger partial charge is 0.242 e. The fourth-order valence-electron chi connectivity index (χ4n) is 3.50. The van der Waals surface area contributed by atoms with E-state index in [1.165, 1.54) is 12.2 Å². The zero-order valence-corrected chi connectivity index (χ0v) is 19.9. The van der Waals surface area contributed by atoms with Gasteiger partial charge >= 0.3 is 0 Å². The van der Waals surface area contributed by atoms with Crippen LogP contribution in [0.1, 0.15) is 19.3 Å². The molecule has 4 aliphatic rings. The van der Waals surface area contributed by atoms with Crippen LogP contribution in [-0.2, 0) is 14.8 Å². The highest BCUT2D eigenvalue weighted by Crippen LogP contribution is 2.35. The van der Waals surface area contributed by atoms with E-state index in [0.29, 0.717) is 17.2 Å². The summed E-state index contributed by atoms with van der Waals surface area (Å²) in [5, 5.41) is 0.261. The van der Waals surface area contributed by atoms with Gasteiger partial charge in [0.1, 0.15) is 5.76 Å². The van der Waals surface area contributed by atoms with Crippen LogP contribution >= 0.6 is 46.4 Å². The maximum absolute atomic E-state index is 12.8. The molecular formula is C21H18Cl4N2O3S. The number of nitrogens with one attached hydrogen (secondary N) is 1. The summed E-state index contributed by atoms with van der Waals surface area (Å²) >= 11 is 24.9. The van der Waals surface area contributed by atoms with E-state index < -0.39 is 16.1 Å². The molecule has 0 saturated heterocycles. The first-order valence-electron chi connectivity index (χ1n) is 9.53. The molecule has 0 aromatic heterocycles. The Hall–Kier alpha value is -1.28. The highest BCUT2D eigenvalue weighted by atomic mass is 35.5. The third kappa shape index (κ3) is 5.21. The van der Waals surface area contributed by atoms with E-state index in [4.69, 9.17) is 51.1 Å². The first-order chi connectivity index (χ1) is 14.7. The fourth-order valence-corrected chi connectivity index (χ4v) is 6.29. The van der Waals surface area contributed by atoms with Gasteiger partial charge in [0.15, 0.2) is 5.76 Å². The van der Waals surface area contributed by atoms with E-state index in [2.05, 4.69) is 15.8 Å². The Kier molecular flexibility index (Phi) is 6.87. The predicted molar refractivity (Wildman–Crippen MR) is 127 cm³/mol. The first kappa shape index (κ1) is 22.9. The van der Waals surface area contributed by atoms with Crippen LogP contribution in [0.2, 0.25) is 0 Å². The van der Waals surface area contributed by atoms with Gasteiger partial charge in [0.2, 0.25) is 10.0 Å². The Bertz CT molecular complexity index is 1140. The van der Waals surface area contributed by atoms with Crippen LogP contribution in [0, 0.1) is 0 Å². The Balaban J connectivity index is 1.47. The second kappa shape index (κ2) is 9.30. The average Bonchev–Trinajstić information content (AvgIpc) is 2.70. The van der Waals surface area contributed by atoms with Gasteiger partial charge in [-0.15, -0.1) is 11.6 Å². The average molecular weight is 520 g/mol. The summed E-state index contributed by atoms with van der Waals surface area (Å²) in [7, 11) is -3.88. The van der Waals surface area contributed by atoms with Crippen molar-refractivity contribution in [2.75, 3.05) is 0 Å². The molecule has 1 N–H and O–H groups in total. The van der Waals surface area contributed by atoms with Crippen LogP contribution in [0.25, 0.3) is 0 Å². The summed E-state index contributed by atoms with van der Waals surface area (Å²) in [6.07, 6.45) is 15.5. The molecule has 31 heavy (non-hydrogen) atoms. The maximum atomic E-state index is 12.8. The zero-order valence-electron chi connectivity index (χ0n) is 16.1. The number of nitrogens with zero attached hydrogens (tertiary/aromatic N) is 1. The van der Waals surface area contributed by atoms with Crippen LogP contribution < -0.4 is 4.72 Å². The van der Waals surface area contributed by atoms with Crippen molar-refractivity contribution >= 4 is 62.6 Å². The fraction of sp³-hybridized carbons (Fsp3) is 0.286. The minimum atomic E-state index is -3.88. The molecule has 10 heteroatoms. The van der Waals surface area contributed by atoms with E-state index >= 15 is 0 Å². The quantitative estimate of drug-likeness (QED) is 0.487. The molecule has 0 spiro atoms. The molecule has 3 atom stereocenters. The normalized spacial score (nSPS) is 28.3. The van der Waals surface area contributed by atoms with Crippen LogP contribution in [0.5, 0.6) is 0 Å². The predicted octanol–water partition coefficient (Wildman–Crippen LogP) is 5.51. The Morgan fingerprint density at radius 1 is 1.13 bits per heavy atom. The number of fused-ring (bicyclic) bond motifs is 1. The molecule has 4 rings (SSSR count). The lowest BCUT2D eigenvalue weighted by atomic mass is 9.97. The molecule has 0 saturated carbocycles. The Morgan fingerprint density at radius 3 is 2.68 bits per heavy atom. The van der Waals surface area contributed by atoms with Gasteiger partial charge in [0.25, 0.3) is 0 Å². The molecule has 0 amide bonds. The number of hydrogen-bond acceptors (Lipinski definition) is 4. The number of hydrogen-bond donors (Lipinski definition) is 1. The monoisotopic (exact) mass is 518 g/mol. The first-order valence-corrected chi connectivity index (χ1v) is 12.6. The van der Waals surface area contributed by atoms with Crippen LogP contribution in [-0.4, -0.2) is 32.1 Å². The highest BCUT2D eigenvalue weighted by Gasteiger charge is 2.30. The summed E-state index contributed by atoms with van der Waals surface area (Å²) < 4.78 is 34.0. The van der Waals surface area contributed by atoms with Gasteiger partial charge in [-0.3, -0.25) is 4.99 Å². The maximum Gasteiger partial charge on any atom is 0.242 e. The number of alkyl halides is 1. The molecule has 1 aliphatic heterocycles. The molecule has 0 aromatic rings. The minimum absolute atomic E-state index is 0.00864.